The van der Waals surface area contributed by atoms with Crippen molar-refractivity contribution in [3.8, 4) is 0 Å². The number of nitrogens with one attached hydrogen (secondary N) is 1. The molecule has 2 atom stereocenters. The van der Waals surface area contributed by atoms with E-state index in [-0.39, 0.29) is 17.9 Å². The van der Waals surface area contributed by atoms with E-state index in [0.717, 1.165) is 17.5 Å². The van der Waals surface area contributed by atoms with E-state index in [1.165, 1.54) is 0 Å². The number of carbonyl (C=O) groups is 2. The highest BCUT2D eigenvalue weighted by Crippen LogP contribution is 2.32. The van der Waals surface area contributed by atoms with Gasteiger partial charge in [0.05, 0.1) is 17.9 Å². The summed E-state index contributed by atoms with van der Waals surface area (Å²) >= 11 is 0. The average molecular weight is 336 g/mol. The Balaban J connectivity index is 1.75. The van der Waals surface area contributed by atoms with Crippen LogP contribution in [0.2, 0.25) is 0 Å². The van der Waals surface area contributed by atoms with Crippen molar-refractivity contribution >= 4 is 17.5 Å². The first-order valence-electron chi connectivity index (χ1n) is 8.56. The summed E-state index contributed by atoms with van der Waals surface area (Å²) < 4.78 is 5.84. The predicted molar refractivity (Wildman–Crippen MR) is 94.6 cm³/mol. The van der Waals surface area contributed by atoms with E-state index in [4.69, 9.17) is 4.74 Å². The van der Waals surface area contributed by atoms with Gasteiger partial charge in [-0.15, -0.1) is 0 Å². The maximum Gasteiger partial charge on any atom is 0.260 e. The molecule has 0 unspecified atom stereocenters. The van der Waals surface area contributed by atoms with E-state index in [9.17, 15) is 9.59 Å². The zero-order valence-corrected chi connectivity index (χ0v) is 14.1. The number of hydrogen-bond acceptors (Lipinski definition) is 3. The molecule has 25 heavy (non-hydrogen) atoms. The molecule has 0 aromatic heterocycles. The lowest BCUT2D eigenvalue weighted by Crippen LogP contribution is -2.44. The van der Waals surface area contributed by atoms with Gasteiger partial charge in [0, 0.05) is 12.6 Å². The molecule has 2 aliphatic heterocycles. The minimum Gasteiger partial charge on any atom is -0.363 e. The van der Waals surface area contributed by atoms with Crippen LogP contribution in [0.3, 0.4) is 0 Å². The van der Waals surface area contributed by atoms with Gasteiger partial charge in [0.25, 0.3) is 11.8 Å². The van der Waals surface area contributed by atoms with Crippen LogP contribution in [0.5, 0.6) is 0 Å². The van der Waals surface area contributed by atoms with Crippen molar-refractivity contribution in [1.29, 1.82) is 0 Å². The Morgan fingerprint density at radius 3 is 2.80 bits per heavy atom. The normalized spacial score (nSPS) is 22.4. The number of nitrogens with zero attached hydrogens (tertiary/aromatic N) is 1. The number of carbonyl (C=O) groups excluding carboxylic acids is 2. The van der Waals surface area contributed by atoms with Gasteiger partial charge in [-0.1, -0.05) is 36.4 Å². The molecule has 0 aliphatic carbocycles. The number of para-hydroxylation sites is 1. The maximum absolute atomic E-state index is 13.3. The van der Waals surface area contributed by atoms with E-state index in [2.05, 4.69) is 5.32 Å². The second-order valence-electron chi connectivity index (χ2n) is 6.54. The molecule has 1 N–H and O–H groups in total. The third kappa shape index (κ3) is 2.81. The Labute approximate surface area is 146 Å². The largest absolute Gasteiger partial charge is 0.363 e. The molecule has 0 radical (unpaired) electrons. The van der Waals surface area contributed by atoms with Gasteiger partial charge in [0.15, 0.2) is 6.10 Å². The highest BCUT2D eigenvalue weighted by molar-refractivity contribution is 6.07. The van der Waals surface area contributed by atoms with E-state index in [0.29, 0.717) is 24.4 Å². The highest BCUT2D eigenvalue weighted by Gasteiger charge is 2.35. The second kappa shape index (κ2) is 6.33. The van der Waals surface area contributed by atoms with Crippen molar-refractivity contribution in [2.75, 3.05) is 18.1 Å². The Morgan fingerprint density at radius 2 is 1.92 bits per heavy atom. The smallest absolute Gasteiger partial charge is 0.260 e. The minimum absolute atomic E-state index is 0.122. The van der Waals surface area contributed by atoms with Gasteiger partial charge in [-0.05, 0) is 36.6 Å². The Kier molecular flexibility index (Phi) is 4.01. The molecule has 128 valence electrons. The number of hydrogen-bond donors (Lipinski definition) is 1. The van der Waals surface area contributed by atoms with Crippen molar-refractivity contribution in [2.45, 2.75) is 25.5 Å². The summed E-state index contributed by atoms with van der Waals surface area (Å²) in [5.41, 5.74) is 3.23. The maximum atomic E-state index is 13.3. The number of amides is 2. The van der Waals surface area contributed by atoms with E-state index < -0.39 is 6.10 Å². The van der Waals surface area contributed by atoms with E-state index >= 15 is 0 Å². The number of ether oxygens (including phenoxy) is 1. The van der Waals surface area contributed by atoms with Crippen molar-refractivity contribution in [3.05, 3.63) is 65.2 Å². The third-order valence-corrected chi connectivity index (χ3v) is 4.76. The molecule has 2 aromatic carbocycles. The molecule has 2 aromatic rings. The fourth-order valence-corrected chi connectivity index (χ4v) is 3.57. The summed E-state index contributed by atoms with van der Waals surface area (Å²) in [6, 6.07) is 15.0. The summed E-state index contributed by atoms with van der Waals surface area (Å²) in [4.78, 5) is 27.4. The molecule has 2 heterocycles. The van der Waals surface area contributed by atoms with Crippen LogP contribution in [-0.2, 0) is 16.0 Å². The van der Waals surface area contributed by atoms with Gasteiger partial charge >= 0.3 is 0 Å². The van der Waals surface area contributed by atoms with Crippen LogP contribution >= 0.6 is 0 Å². The van der Waals surface area contributed by atoms with Crippen LogP contribution < -0.4 is 10.2 Å². The van der Waals surface area contributed by atoms with Crippen molar-refractivity contribution < 1.29 is 14.3 Å². The summed E-state index contributed by atoms with van der Waals surface area (Å²) in [5.74, 6) is -0.272. The molecule has 0 saturated heterocycles. The first-order chi connectivity index (χ1) is 12.1. The third-order valence-electron chi connectivity index (χ3n) is 4.76. The Morgan fingerprint density at radius 1 is 1.16 bits per heavy atom. The highest BCUT2D eigenvalue weighted by atomic mass is 16.5. The van der Waals surface area contributed by atoms with Crippen LogP contribution in [0.15, 0.2) is 48.5 Å². The molecule has 0 spiro atoms. The molecule has 0 fully saturated rings. The number of anilines is 1. The lowest BCUT2D eigenvalue weighted by atomic mass is 9.96. The van der Waals surface area contributed by atoms with E-state index in [1.807, 2.05) is 49.4 Å². The monoisotopic (exact) mass is 336 g/mol. The van der Waals surface area contributed by atoms with Crippen LogP contribution in [0.4, 0.5) is 5.69 Å². The summed E-state index contributed by atoms with van der Waals surface area (Å²) in [5, 5.41) is 2.93. The number of fused-ring (bicyclic) bond motifs is 2. The molecule has 4 rings (SSSR count). The molecule has 5 heteroatoms. The molecule has 2 aliphatic rings. The molecule has 5 nitrogen and oxygen atoms in total. The zero-order chi connectivity index (χ0) is 17.4. The Bertz CT molecular complexity index is 833. The first-order valence-corrected chi connectivity index (χ1v) is 8.56. The second-order valence-corrected chi connectivity index (χ2v) is 6.54. The number of benzene rings is 2. The SMILES string of the molecule is C[C@H]1CN(C(=O)[C@H]2OCCc3ccccc32)c2ccccc2C(=O)N1. The Hall–Kier alpha value is -2.66. The lowest BCUT2D eigenvalue weighted by Gasteiger charge is -2.31. The van der Waals surface area contributed by atoms with Gasteiger partial charge in [-0.2, -0.15) is 0 Å². The number of rotatable bonds is 1. The van der Waals surface area contributed by atoms with Gasteiger partial charge < -0.3 is 15.0 Å². The van der Waals surface area contributed by atoms with Gasteiger partial charge in [0.2, 0.25) is 0 Å². The van der Waals surface area contributed by atoms with Crippen LogP contribution in [0, 0.1) is 0 Å². The van der Waals surface area contributed by atoms with Crippen LogP contribution in [0.1, 0.15) is 34.5 Å². The molecule has 0 saturated carbocycles. The quantitative estimate of drug-likeness (QED) is 0.870. The summed E-state index contributed by atoms with van der Waals surface area (Å²) in [6.07, 6.45) is 0.186. The van der Waals surface area contributed by atoms with Crippen LogP contribution in [-0.4, -0.2) is 31.0 Å². The first kappa shape index (κ1) is 15.8. The predicted octanol–water partition coefficient (Wildman–Crippen LogP) is 2.47. The molecular formula is C20H20N2O3. The van der Waals surface area contributed by atoms with Gasteiger partial charge in [-0.25, -0.2) is 0 Å². The lowest BCUT2D eigenvalue weighted by molar-refractivity contribution is -0.131. The summed E-state index contributed by atoms with van der Waals surface area (Å²) in [6.45, 7) is 2.85. The topological polar surface area (TPSA) is 58.6 Å². The fraction of sp³-hybridized carbons (Fsp3) is 0.300. The molecule has 0 bridgehead atoms. The van der Waals surface area contributed by atoms with Crippen molar-refractivity contribution in [3.63, 3.8) is 0 Å². The van der Waals surface area contributed by atoms with Gasteiger partial charge in [-0.3, -0.25) is 9.59 Å². The van der Waals surface area contributed by atoms with Crippen LogP contribution in [0.25, 0.3) is 0 Å². The minimum atomic E-state index is -0.626. The summed E-state index contributed by atoms with van der Waals surface area (Å²) in [7, 11) is 0. The van der Waals surface area contributed by atoms with Crippen molar-refractivity contribution in [2.24, 2.45) is 0 Å². The fourth-order valence-electron chi connectivity index (χ4n) is 3.57. The zero-order valence-electron chi connectivity index (χ0n) is 14.1. The average Bonchev–Trinajstić information content (AvgIpc) is 2.77. The molecular weight excluding hydrogens is 316 g/mol. The van der Waals surface area contributed by atoms with Gasteiger partial charge in [0.1, 0.15) is 0 Å². The van der Waals surface area contributed by atoms with Crippen molar-refractivity contribution in [1.82, 2.24) is 5.32 Å². The van der Waals surface area contributed by atoms with E-state index in [1.54, 1.807) is 11.0 Å². The molecule has 2 amide bonds. The standard InChI is InChI=1S/C20H20N2O3/c1-13-12-22(17-9-5-4-8-16(17)19(23)21-13)20(24)18-15-7-3-2-6-14(15)10-11-25-18/h2-9,13,18H,10-12H2,1H3,(H,21,23)/t13-,18-/m0/s1.